The van der Waals surface area contributed by atoms with E-state index in [1.807, 2.05) is 48.7 Å². The minimum atomic E-state index is -0.180. The third kappa shape index (κ3) is 3.95. The first-order chi connectivity index (χ1) is 14.6. The maximum atomic E-state index is 13.1. The van der Waals surface area contributed by atoms with Gasteiger partial charge in [-0.25, -0.2) is 4.98 Å². The Morgan fingerprint density at radius 3 is 2.70 bits per heavy atom. The summed E-state index contributed by atoms with van der Waals surface area (Å²) in [6.45, 7) is 4.51. The van der Waals surface area contributed by atoms with E-state index >= 15 is 0 Å². The summed E-state index contributed by atoms with van der Waals surface area (Å²) in [5, 5.41) is 3.51. The number of hydrogen-bond donors (Lipinski definition) is 1. The third-order valence-corrected chi connectivity index (χ3v) is 5.96. The monoisotopic (exact) mass is 404 g/mol. The van der Waals surface area contributed by atoms with Crippen molar-refractivity contribution in [3.05, 3.63) is 69.9 Å². The molecule has 1 aliphatic rings. The maximum absolute atomic E-state index is 13.1. The average Bonchev–Trinajstić information content (AvgIpc) is 3.02. The maximum Gasteiger partial charge on any atom is 0.263 e. The minimum absolute atomic E-state index is 0.0180. The number of aromatic nitrogens is 3. The Kier molecular flexibility index (Phi) is 5.84. The van der Waals surface area contributed by atoms with Gasteiger partial charge in [-0.2, -0.15) is 0 Å². The van der Waals surface area contributed by atoms with E-state index in [4.69, 9.17) is 0 Å². The van der Waals surface area contributed by atoms with Crippen LogP contribution in [0.3, 0.4) is 0 Å². The minimum Gasteiger partial charge on any atom is -0.354 e. The Balaban J connectivity index is 1.54. The fourth-order valence-corrected chi connectivity index (χ4v) is 4.20. The topological polar surface area (TPSA) is 68.9 Å². The zero-order chi connectivity index (χ0) is 21.1. The summed E-state index contributed by atoms with van der Waals surface area (Å²) >= 11 is 0. The molecule has 2 aromatic heterocycles. The molecule has 0 unspecified atom stereocenters. The molecule has 2 heterocycles. The number of carbonyl (C=O) groups is 1. The van der Waals surface area contributed by atoms with Crippen LogP contribution in [0.5, 0.6) is 0 Å². The van der Waals surface area contributed by atoms with E-state index < -0.39 is 0 Å². The number of fused-ring (bicyclic) bond motifs is 1. The lowest BCUT2D eigenvalue weighted by atomic mass is 9.97. The van der Waals surface area contributed by atoms with Crippen LogP contribution in [-0.4, -0.2) is 26.6 Å². The smallest absolute Gasteiger partial charge is 0.263 e. The van der Waals surface area contributed by atoms with E-state index in [1.54, 1.807) is 0 Å². The van der Waals surface area contributed by atoms with Gasteiger partial charge < -0.3 is 5.32 Å². The molecular weight excluding hydrogens is 376 g/mol. The van der Waals surface area contributed by atoms with Gasteiger partial charge in [0, 0.05) is 17.9 Å². The van der Waals surface area contributed by atoms with Gasteiger partial charge in [-0.05, 0) is 63.6 Å². The van der Waals surface area contributed by atoms with Crippen LogP contribution in [0.2, 0.25) is 0 Å². The molecule has 0 radical (unpaired) electrons. The van der Waals surface area contributed by atoms with Gasteiger partial charge in [-0.15, -0.1) is 0 Å². The molecule has 156 valence electrons. The fourth-order valence-electron chi connectivity index (χ4n) is 4.20. The van der Waals surface area contributed by atoms with E-state index in [-0.39, 0.29) is 18.0 Å². The molecule has 0 aliphatic heterocycles. The highest BCUT2D eigenvalue weighted by Gasteiger charge is 2.18. The highest BCUT2D eigenvalue weighted by molar-refractivity contribution is 5.83. The molecular formula is C24H28N4O2. The summed E-state index contributed by atoms with van der Waals surface area (Å²) in [5.41, 5.74) is 4.71. The van der Waals surface area contributed by atoms with Crippen LogP contribution < -0.4 is 10.9 Å². The molecule has 0 saturated carbocycles. The molecule has 1 N–H and O–H groups in total. The van der Waals surface area contributed by atoms with Crippen LogP contribution in [0.25, 0.3) is 16.7 Å². The van der Waals surface area contributed by atoms with Crippen molar-refractivity contribution in [2.75, 3.05) is 6.54 Å². The Bertz CT molecular complexity index is 1160. The second kappa shape index (κ2) is 8.69. The molecule has 3 aromatic rings. The first kappa shape index (κ1) is 20.1. The molecule has 4 rings (SSSR count). The Labute approximate surface area is 176 Å². The summed E-state index contributed by atoms with van der Waals surface area (Å²) < 4.78 is 3.40. The average molecular weight is 405 g/mol. The molecule has 0 spiro atoms. The lowest BCUT2D eigenvalue weighted by Crippen LogP contribution is -2.33. The summed E-state index contributed by atoms with van der Waals surface area (Å²) in [5.74, 6) is -0.161. The van der Waals surface area contributed by atoms with Crippen LogP contribution >= 0.6 is 0 Å². The first-order valence-corrected chi connectivity index (χ1v) is 10.6. The number of aryl methyl sites for hydroxylation is 1. The van der Waals surface area contributed by atoms with Crippen LogP contribution in [0, 0.1) is 13.8 Å². The van der Waals surface area contributed by atoms with Crippen molar-refractivity contribution in [2.24, 2.45) is 0 Å². The highest BCUT2D eigenvalue weighted by Crippen LogP contribution is 2.24. The Hall–Kier alpha value is -3.15. The second-order valence-electron chi connectivity index (χ2n) is 7.97. The third-order valence-electron chi connectivity index (χ3n) is 5.96. The van der Waals surface area contributed by atoms with Crippen LogP contribution in [0.4, 0.5) is 0 Å². The summed E-state index contributed by atoms with van der Waals surface area (Å²) in [7, 11) is 0. The zero-order valence-corrected chi connectivity index (χ0v) is 17.6. The van der Waals surface area contributed by atoms with Gasteiger partial charge >= 0.3 is 0 Å². The highest BCUT2D eigenvalue weighted by atomic mass is 16.2. The molecule has 0 bridgehead atoms. The fraction of sp³-hybridized carbons (Fsp3) is 0.375. The molecule has 30 heavy (non-hydrogen) atoms. The van der Waals surface area contributed by atoms with Crippen LogP contribution in [0.1, 0.15) is 43.4 Å². The number of hydrogen-bond acceptors (Lipinski definition) is 3. The van der Waals surface area contributed by atoms with Gasteiger partial charge in [0.05, 0.1) is 5.39 Å². The number of rotatable bonds is 6. The lowest BCUT2D eigenvalue weighted by molar-refractivity contribution is -0.121. The SMILES string of the molecule is Cc1c(C)n(-c2ccccc2)c2ncn(CC(=O)NCCC3=CCCCC3)c(=O)c12. The molecule has 0 atom stereocenters. The molecule has 6 nitrogen and oxygen atoms in total. The van der Waals surface area contributed by atoms with Crippen molar-refractivity contribution in [3.63, 3.8) is 0 Å². The number of para-hydroxylation sites is 1. The lowest BCUT2D eigenvalue weighted by Gasteiger charge is -2.13. The van der Waals surface area contributed by atoms with Crippen molar-refractivity contribution >= 4 is 16.9 Å². The van der Waals surface area contributed by atoms with E-state index in [0.717, 1.165) is 36.2 Å². The standard InChI is InChI=1S/C24H28N4O2/c1-17-18(2)28(20-11-7-4-8-12-20)23-22(17)24(30)27(16-26-23)15-21(29)25-14-13-19-9-5-3-6-10-19/h4,7-9,11-12,16H,3,5-6,10,13-15H2,1-2H3,(H,25,29). The van der Waals surface area contributed by atoms with Gasteiger partial charge in [-0.1, -0.05) is 29.8 Å². The normalized spacial score (nSPS) is 14.0. The van der Waals surface area contributed by atoms with Gasteiger partial charge in [0.15, 0.2) is 5.65 Å². The predicted octanol–water partition coefficient (Wildman–Crippen LogP) is 3.81. The summed E-state index contributed by atoms with van der Waals surface area (Å²) in [4.78, 5) is 30.1. The zero-order valence-electron chi connectivity index (χ0n) is 17.6. The van der Waals surface area contributed by atoms with E-state index in [0.29, 0.717) is 17.6 Å². The Morgan fingerprint density at radius 1 is 1.17 bits per heavy atom. The quantitative estimate of drug-likeness (QED) is 0.635. The number of carbonyl (C=O) groups excluding carboxylic acids is 1. The number of nitrogens with one attached hydrogen (secondary N) is 1. The number of amides is 1. The molecule has 0 fully saturated rings. The summed E-state index contributed by atoms with van der Waals surface area (Å²) in [6.07, 6.45) is 9.43. The van der Waals surface area contributed by atoms with Crippen molar-refractivity contribution in [2.45, 2.75) is 52.5 Å². The summed E-state index contributed by atoms with van der Waals surface area (Å²) in [6, 6.07) is 9.87. The van der Waals surface area contributed by atoms with Gasteiger partial charge in [0.25, 0.3) is 5.56 Å². The molecule has 0 saturated heterocycles. The predicted molar refractivity (Wildman–Crippen MR) is 119 cm³/mol. The van der Waals surface area contributed by atoms with Crippen LogP contribution in [-0.2, 0) is 11.3 Å². The number of allylic oxidation sites excluding steroid dienone is 1. The van der Waals surface area contributed by atoms with E-state index in [9.17, 15) is 9.59 Å². The molecule has 1 amide bonds. The number of nitrogens with zero attached hydrogens (tertiary/aromatic N) is 3. The van der Waals surface area contributed by atoms with Crippen molar-refractivity contribution in [1.82, 2.24) is 19.4 Å². The van der Waals surface area contributed by atoms with Crippen molar-refractivity contribution < 1.29 is 4.79 Å². The molecule has 1 aliphatic carbocycles. The molecule has 1 aromatic carbocycles. The van der Waals surface area contributed by atoms with Gasteiger partial charge in [0.2, 0.25) is 5.91 Å². The first-order valence-electron chi connectivity index (χ1n) is 10.6. The second-order valence-corrected chi connectivity index (χ2v) is 7.97. The Morgan fingerprint density at radius 2 is 1.97 bits per heavy atom. The molecule has 6 heteroatoms. The van der Waals surface area contributed by atoms with E-state index in [1.165, 1.54) is 29.3 Å². The van der Waals surface area contributed by atoms with Crippen molar-refractivity contribution in [1.29, 1.82) is 0 Å². The van der Waals surface area contributed by atoms with E-state index in [2.05, 4.69) is 16.4 Å². The number of benzene rings is 1. The van der Waals surface area contributed by atoms with Crippen molar-refractivity contribution in [3.8, 4) is 5.69 Å². The van der Waals surface area contributed by atoms with Crippen LogP contribution in [0.15, 0.2) is 53.1 Å². The van der Waals surface area contributed by atoms with Gasteiger partial charge in [-0.3, -0.25) is 18.7 Å². The largest absolute Gasteiger partial charge is 0.354 e. The van der Waals surface area contributed by atoms with Gasteiger partial charge in [0.1, 0.15) is 12.9 Å².